The molecule has 29 heavy (non-hydrogen) atoms. The van der Waals surface area contributed by atoms with Crippen molar-refractivity contribution in [2.75, 3.05) is 5.32 Å². The van der Waals surface area contributed by atoms with Gasteiger partial charge in [-0.25, -0.2) is 4.98 Å². The van der Waals surface area contributed by atoms with E-state index in [0.29, 0.717) is 13.1 Å². The van der Waals surface area contributed by atoms with Crippen LogP contribution >= 0.6 is 0 Å². The molecule has 0 bridgehead atoms. The summed E-state index contributed by atoms with van der Waals surface area (Å²) in [7, 11) is 0. The van der Waals surface area contributed by atoms with Crippen LogP contribution in [0.25, 0.3) is 11.3 Å². The van der Waals surface area contributed by atoms with Gasteiger partial charge in [0.1, 0.15) is 0 Å². The number of hydrogen-bond acceptors (Lipinski definition) is 5. The first kappa shape index (κ1) is 18.4. The molecule has 144 valence electrons. The second kappa shape index (κ2) is 8.35. The molecule has 0 atom stereocenters. The van der Waals surface area contributed by atoms with Crippen molar-refractivity contribution in [3.63, 3.8) is 0 Å². The Kier molecular flexibility index (Phi) is 5.29. The highest BCUT2D eigenvalue weighted by atomic mass is 16.6. The SMILES string of the molecule is O=[N+]([O-])c1cccnc1NCc1cn(Cc2ccccc2)nc1-c1ccccc1. The van der Waals surface area contributed by atoms with Gasteiger partial charge in [-0.2, -0.15) is 5.10 Å². The topological polar surface area (TPSA) is 85.9 Å². The van der Waals surface area contributed by atoms with Crippen LogP contribution in [0.5, 0.6) is 0 Å². The summed E-state index contributed by atoms with van der Waals surface area (Å²) in [5.41, 5.74) is 3.87. The first-order valence-corrected chi connectivity index (χ1v) is 9.19. The monoisotopic (exact) mass is 385 g/mol. The Hall–Kier alpha value is -4.00. The summed E-state index contributed by atoms with van der Waals surface area (Å²) >= 11 is 0. The van der Waals surface area contributed by atoms with E-state index in [2.05, 4.69) is 22.4 Å². The van der Waals surface area contributed by atoms with Crippen molar-refractivity contribution in [2.45, 2.75) is 13.1 Å². The molecule has 4 rings (SSSR count). The van der Waals surface area contributed by atoms with Crippen molar-refractivity contribution in [1.29, 1.82) is 0 Å². The van der Waals surface area contributed by atoms with Gasteiger partial charge >= 0.3 is 5.69 Å². The predicted molar refractivity (Wildman–Crippen MR) is 111 cm³/mol. The summed E-state index contributed by atoms with van der Waals surface area (Å²) in [6.07, 6.45) is 3.50. The van der Waals surface area contributed by atoms with Gasteiger partial charge in [-0.3, -0.25) is 14.8 Å². The Morgan fingerprint density at radius 2 is 1.69 bits per heavy atom. The molecule has 7 heteroatoms. The van der Waals surface area contributed by atoms with Crippen LogP contribution in [-0.4, -0.2) is 19.7 Å². The number of aromatic nitrogens is 3. The molecular formula is C22H19N5O2. The maximum absolute atomic E-state index is 11.2. The minimum Gasteiger partial charge on any atom is -0.360 e. The molecule has 2 aromatic heterocycles. The fraction of sp³-hybridized carbons (Fsp3) is 0.0909. The van der Waals surface area contributed by atoms with E-state index in [1.165, 1.54) is 12.3 Å². The summed E-state index contributed by atoms with van der Waals surface area (Å²) in [5, 5.41) is 19.1. The molecule has 7 nitrogen and oxygen atoms in total. The second-order valence-corrected chi connectivity index (χ2v) is 6.53. The lowest BCUT2D eigenvalue weighted by molar-refractivity contribution is -0.384. The fourth-order valence-electron chi connectivity index (χ4n) is 3.14. The predicted octanol–water partition coefficient (Wildman–Crippen LogP) is 4.51. The molecule has 0 amide bonds. The Balaban J connectivity index is 1.64. The molecule has 0 aliphatic heterocycles. The summed E-state index contributed by atoms with van der Waals surface area (Å²) in [4.78, 5) is 14.9. The number of anilines is 1. The number of rotatable bonds is 7. The van der Waals surface area contributed by atoms with Crippen LogP contribution in [0.2, 0.25) is 0 Å². The van der Waals surface area contributed by atoms with Crippen molar-refractivity contribution in [2.24, 2.45) is 0 Å². The zero-order valence-corrected chi connectivity index (χ0v) is 15.6. The second-order valence-electron chi connectivity index (χ2n) is 6.53. The van der Waals surface area contributed by atoms with Gasteiger partial charge in [0.2, 0.25) is 5.82 Å². The van der Waals surface area contributed by atoms with Gasteiger partial charge in [0.15, 0.2) is 0 Å². The van der Waals surface area contributed by atoms with E-state index in [1.807, 2.05) is 59.4 Å². The minimum absolute atomic E-state index is 0.0505. The first-order valence-electron chi connectivity index (χ1n) is 9.19. The van der Waals surface area contributed by atoms with Crippen LogP contribution in [-0.2, 0) is 13.1 Å². The molecule has 2 aromatic carbocycles. The maximum atomic E-state index is 11.2. The molecule has 0 saturated carbocycles. The number of hydrogen-bond donors (Lipinski definition) is 1. The number of benzene rings is 2. The lowest BCUT2D eigenvalue weighted by Gasteiger charge is -2.06. The van der Waals surface area contributed by atoms with Crippen LogP contribution in [0.1, 0.15) is 11.1 Å². The van der Waals surface area contributed by atoms with Crippen LogP contribution in [0.3, 0.4) is 0 Å². The van der Waals surface area contributed by atoms with Crippen molar-refractivity contribution in [3.8, 4) is 11.3 Å². The Morgan fingerprint density at radius 3 is 2.41 bits per heavy atom. The first-order chi connectivity index (χ1) is 14.2. The average Bonchev–Trinajstić information content (AvgIpc) is 3.16. The van der Waals surface area contributed by atoms with Gasteiger partial charge in [0, 0.05) is 36.1 Å². The van der Waals surface area contributed by atoms with Crippen LogP contribution in [0.15, 0.2) is 85.2 Å². The Bertz CT molecular complexity index is 1110. The van der Waals surface area contributed by atoms with E-state index >= 15 is 0 Å². The van der Waals surface area contributed by atoms with Gasteiger partial charge in [-0.15, -0.1) is 0 Å². The molecule has 2 heterocycles. The fourth-order valence-corrected chi connectivity index (χ4v) is 3.14. The van der Waals surface area contributed by atoms with Crippen molar-refractivity contribution in [3.05, 3.63) is 106 Å². The summed E-state index contributed by atoms with van der Waals surface area (Å²) < 4.78 is 1.89. The quantitative estimate of drug-likeness (QED) is 0.374. The highest BCUT2D eigenvalue weighted by Crippen LogP contribution is 2.25. The van der Waals surface area contributed by atoms with Crippen LogP contribution < -0.4 is 5.32 Å². The van der Waals surface area contributed by atoms with Crippen molar-refractivity contribution >= 4 is 11.5 Å². The minimum atomic E-state index is -0.438. The Labute approximate surface area is 167 Å². The normalized spacial score (nSPS) is 10.6. The molecule has 0 aliphatic rings. The van der Waals surface area contributed by atoms with Crippen molar-refractivity contribution in [1.82, 2.24) is 14.8 Å². The zero-order chi connectivity index (χ0) is 20.1. The third kappa shape index (κ3) is 4.30. The van der Waals surface area contributed by atoms with E-state index in [9.17, 15) is 10.1 Å². The third-order valence-corrected chi connectivity index (χ3v) is 4.50. The molecule has 0 fully saturated rings. The molecule has 0 spiro atoms. The Morgan fingerprint density at radius 1 is 0.966 bits per heavy atom. The number of nitro groups is 1. The summed E-state index contributed by atoms with van der Waals surface area (Å²) in [6, 6.07) is 23.0. The summed E-state index contributed by atoms with van der Waals surface area (Å²) in [6.45, 7) is 1.02. The van der Waals surface area contributed by atoms with Crippen LogP contribution in [0, 0.1) is 10.1 Å². The molecule has 0 aliphatic carbocycles. The summed E-state index contributed by atoms with van der Waals surface area (Å²) in [5.74, 6) is 0.243. The van der Waals surface area contributed by atoms with Gasteiger partial charge < -0.3 is 5.32 Å². The van der Waals surface area contributed by atoms with Gasteiger partial charge in [0.25, 0.3) is 0 Å². The van der Waals surface area contributed by atoms with Crippen LogP contribution in [0.4, 0.5) is 11.5 Å². The van der Waals surface area contributed by atoms with E-state index < -0.39 is 4.92 Å². The molecule has 0 radical (unpaired) electrons. The highest BCUT2D eigenvalue weighted by Gasteiger charge is 2.16. The van der Waals surface area contributed by atoms with E-state index in [0.717, 1.165) is 22.4 Å². The lowest BCUT2D eigenvalue weighted by atomic mass is 10.1. The standard InChI is InChI=1S/C22H19N5O2/c28-27(29)20-12-7-13-23-22(20)24-14-19-16-26(15-17-8-3-1-4-9-17)25-21(19)18-10-5-2-6-11-18/h1-13,16H,14-15H2,(H,23,24). The number of pyridine rings is 1. The van der Waals surface area contributed by atoms with Crippen molar-refractivity contribution < 1.29 is 4.92 Å². The molecule has 1 N–H and O–H groups in total. The average molecular weight is 385 g/mol. The number of nitrogens with one attached hydrogen (secondary N) is 1. The maximum Gasteiger partial charge on any atom is 0.311 e. The molecule has 0 unspecified atom stereocenters. The van der Waals surface area contributed by atoms with Gasteiger partial charge in [-0.05, 0) is 11.6 Å². The third-order valence-electron chi connectivity index (χ3n) is 4.50. The molecule has 0 saturated heterocycles. The largest absolute Gasteiger partial charge is 0.360 e. The smallest absolute Gasteiger partial charge is 0.311 e. The van der Waals surface area contributed by atoms with E-state index in [1.54, 1.807) is 6.07 Å². The van der Waals surface area contributed by atoms with E-state index in [-0.39, 0.29) is 11.5 Å². The zero-order valence-electron chi connectivity index (χ0n) is 15.6. The van der Waals surface area contributed by atoms with E-state index in [4.69, 9.17) is 5.10 Å². The van der Waals surface area contributed by atoms with Gasteiger partial charge in [-0.1, -0.05) is 60.7 Å². The van der Waals surface area contributed by atoms with Gasteiger partial charge in [0.05, 0.1) is 17.2 Å². The number of nitrogens with zero attached hydrogens (tertiary/aromatic N) is 4. The highest BCUT2D eigenvalue weighted by molar-refractivity contribution is 5.64. The molecular weight excluding hydrogens is 366 g/mol. The lowest BCUT2D eigenvalue weighted by Crippen LogP contribution is -2.04. The molecule has 4 aromatic rings.